The quantitative estimate of drug-likeness (QED) is 0.707. The van der Waals surface area contributed by atoms with Gasteiger partial charge in [-0.25, -0.2) is 4.39 Å². The Morgan fingerprint density at radius 3 is 3.00 bits per heavy atom. The molecule has 1 atom stereocenters. The van der Waals surface area contributed by atoms with Crippen molar-refractivity contribution in [1.29, 1.82) is 0 Å². The first-order chi connectivity index (χ1) is 7.09. The number of anilines is 2. The maximum atomic E-state index is 13.1. The van der Waals surface area contributed by atoms with Crippen molar-refractivity contribution in [3.05, 3.63) is 24.0 Å². The lowest BCUT2D eigenvalue weighted by Gasteiger charge is -2.35. The van der Waals surface area contributed by atoms with Crippen molar-refractivity contribution in [3.8, 4) is 0 Å². The Morgan fingerprint density at radius 2 is 2.33 bits per heavy atom. The molecule has 0 radical (unpaired) electrons. The molecule has 0 fully saturated rings. The van der Waals surface area contributed by atoms with Crippen LogP contribution in [0.4, 0.5) is 15.8 Å². The number of benzene rings is 1. The predicted octanol–water partition coefficient (Wildman–Crippen LogP) is 1.99. The minimum atomic E-state index is -0.323. The average molecular weight is 208 g/mol. The molecule has 1 aromatic carbocycles. The summed E-state index contributed by atoms with van der Waals surface area (Å²) >= 11 is 0. The molecule has 4 heteroatoms. The number of carbonyl (C=O) groups is 1. The zero-order valence-electron chi connectivity index (χ0n) is 8.75. The van der Waals surface area contributed by atoms with Crippen LogP contribution in [-0.4, -0.2) is 18.5 Å². The molecule has 2 rings (SSSR count). The predicted molar refractivity (Wildman–Crippen MR) is 57.5 cm³/mol. The maximum absolute atomic E-state index is 13.1. The topological polar surface area (TPSA) is 32.3 Å². The van der Waals surface area contributed by atoms with Crippen molar-refractivity contribution in [1.82, 2.24) is 0 Å². The maximum Gasteiger partial charge on any atom is 0.224 e. The number of halogens is 1. The largest absolute Gasteiger partial charge is 0.381 e. The van der Waals surface area contributed by atoms with Gasteiger partial charge in [0.25, 0.3) is 0 Å². The van der Waals surface area contributed by atoms with Crippen molar-refractivity contribution in [2.75, 3.05) is 16.8 Å². The van der Waals surface area contributed by atoms with Crippen LogP contribution < -0.4 is 10.2 Å². The van der Waals surface area contributed by atoms with E-state index in [9.17, 15) is 9.18 Å². The first kappa shape index (κ1) is 9.96. The van der Waals surface area contributed by atoms with E-state index in [1.807, 2.05) is 6.92 Å². The van der Waals surface area contributed by atoms with Gasteiger partial charge in [-0.15, -0.1) is 0 Å². The van der Waals surface area contributed by atoms with E-state index in [1.165, 1.54) is 19.1 Å². The second-order valence-corrected chi connectivity index (χ2v) is 3.78. The molecule has 1 heterocycles. The van der Waals surface area contributed by atoms with E-state index in [1.54, 1.807) is 11.0 Å². The van der Waals surface area contributed by atoms with Crippen molar-refractivity contribution >= 4 is 17.3 Å². The highest BCUT2D eigenvalue weighted by atomic mass is 19.1. The molecule has 80 valence electrons. The summed E-state index contributed by atoms with van der Waals surface area (Å²) in [6, 6.07) is 4.49. The van der Waals surface area contributed by atoms with Crippen LogP contribution in [0.5, 0.6) is 0 Å². The van der Waals surface area contributed by atoms with Crippen molar-refractivity contribution in [3.63, 3.8) is 0 Å². The van der Waals surface area contributed by atoms with Gasteiger partial charge >= 0.3 is 0 Å². The second kappa shape index (κ2) is 3.53. The standard InChI is InChI=1S/C11H13FN2O/c1-7-6-13-10-4-3-9(12)5-11(10)14(7)8(2)15/h3-5,7,13H,6H2,1-2H3/t7-/m0/s1. The molecule has 0 bridgehead atoms. The molecule has 15 heavy (non-hydrogen) atoms. The minimum Gasteiger partial charge on any atom is -0.381 e. The molecule has 1 N–H and O–H groups in total. The lowest BCUT2D eigenvalue weighted by Crippen LogP contribution is -2.44. The van der Waals surface area contributed by atoms with Gasteiger partial charge < -0.3 is 10.2 Å². The third-order valence-corrected chi connectivity index (χ3v) is 2.59. The van der Waals surface area contributed by atoms with E-state index in [-0.39, 0.29) is 17.8 Å². The van der Waals surface area contributed by atoms with Crippen molar-refractivity contribution < 1.29 is 9.18 Å². The zero-order valence-corrected chi connectivity index (χ0v) is 8.75. The highest BCUT2D eigenvalue weighted by Crippen LogP contribution is 2.31. The molecular weight excluding hydrogens is 195 g/mol. The number of rotatable bonds is 0. The normalized spacial score (nSPS) is 19.4. The number of nitrogens with zero attached hydrogens (tertiary/aromatic N) is 1. The summed E-state index contributed by atoms with van der Waals surface area (Å²) in [4.78, 5) is 13.1. The van der Waals surface area contributed by atoms with Gasteiger partial charge in [0, 0.05) is 13.5 Å². The van der Waals surface area contributed by atoms with Gasteiger partial charge in [-0.2, -0.15) is 0 Å². The highest BCUT2D eigenvalue weighted by Gasteiger charge is 2.25. The number of amides is 1. The lowest BCUT2D eigenvalue weighted by molar-refractivity contribution is -0.116. The molecule has 0 saturated heterocycles. The van der Waals surface area contributed by atoms with Crippen LogP contribution in [0, 0.1) is 5.82 Å². The van der Waals surface area contributed by atoms with E-state index in [2.05, 4.69) is 5.32 Å². The smallest absolute Gasteiger partial charge is 0.224 e. The summed E-state index contributed by atoms with van der Waals surface area (Å²) in [6.07, 6.45) is 0. The number of fused-ring (bicyclic) bond motifs is 1. The fraction of sp³-hybridized carbons (Fsp3) is 0.364. The Bertz CT molecular complexity index is 406. The average Bonchev–Trinajstić information content (AvgIpc) is 2.16. The summed E-state index contributed by atoms with van der Waals surface area (Å²) in [7, 11) is 0. The van der Waals surface area contributed by atoms with E-state index < -0.39 is 0 Å². The molecule has 3 nitrogen and oxygen atoms in total. The monoisotopic (exact) mass is 208 g/mol. The summed E-state index contributed by atoms with van der Waals surface area (Å²) < 4.78 is 13.1. The molecule has 0 unspecified atom stereocenters. The zero-order chi connectivity index (χ0) is 11.0. The van der Waals surface area contributed by atoms with Gasteiger partial charge in [-0.05, 0) is 25.1 Å². The van der Waals surface area contributed by atoms with Crippen LogP contribution in [0.2, 0.25) is 0 Å². The number of carbonyl (C=O) groups excluding carboxylic acids is 1. The summed E-state index contributed by atoms with van der Waals surface area (Å²) in [5.41, 5.74) is 1.44. The van der Waals surface area contributed by atoms with Gasteiger partial charge in [0.1, 0.15) is 5.82 Å². The molecule has 1 amide bonds. The Hall–Kier alpha value is -1.58. The molecule has 0 aliphatic carbocycles. The third-order valence-electron chi connectivity index (χ3n) is 2.59. The number of hydrogen-bond donors (Lipinski definition) is 1. The summed E-state index contributed by atoms with van der Waals surface area (Å²) in [5.74, 6) is -0.383. The fourth-order valence-corrected chi connectivity index (χ4v) is 1.92. The Balaban J connectivity index is 2.50. The minimum absolute atomic E-state index is 0.0526. The van der Waals surface area contributed by atoms with E-state index in [0.29, 0.717) is 12.2 Å². The first-order valence-electron chi connectivity index (χ1n) is 4.93. The molecule has 1 aliphatic rings. The molecule has 1 aliphatic heterocycles. The van der Waals surface area contributed by atoms with Crippen molar-refractivity contribution in [2.24, 2.45) is 0 Å². The second-order valence-electron chi connectivity index (χ2n) is 3.78. The number of hydrogen-bond acceptors (Lipinski definition) is 2. The van der Waals surface area contributed by atoms with Crippen molar-refractivity contribution in [2.45, 2.75) is 19.9 Å². The molecule has 0 spiro atoms. The van der Waals surface area contributed by atoms with Crippen LogP contribution in [0.3, 0.4) is 0 Å². The molecule has 0 aromatic heterocycles. The van der Waals surface area contributed by atoms with E-state index in [4.69, 9.17) is 0 Å². The van der Waals surface area contributed by atoms with Gasteiger partial charge in [0.05, 0.1) is 17.4 Å². The van der Waals surface area contributed by atoms with Crippen LogP contribution in [0.25, 0.3) is 0 Å². The SMILES string of the molecule is CC(=O)N1c2cc(F)ccc2NC[C@@H]1C. The van der Waals surface area contributed by atoms with Gasteiger partial charge in [-0.3, -0.25) is 4.79 Å². The summed E-state index contributed by atoms with van der Waals surface area (Å²) in [5, 5.41) is 3.16. The highest BCUT2D eigenvalue weighted by molar-refractivity contribution is 5.96. The Morgan fingerprint density at radius 1 is 1.60 bits per heavy atom. The lowest BCUT2D eigenvalue weighted by atomic mass is 10.1. The van der Waals surface area contributed by atoms with Gasteiger partial charge in [-0.1, -0.05) is 0 Å². The Kier molecular flexibility index (Phi) is 2.34. The first-order valence-corrected chi connectivity index (χ1v) is 4.93. The number of nitrogens with one attached hydrogen (secondary N) is 1. The third kappa shape index (κ3) is 1.67. The van der Waals surface area contributed by atoms with Crippen LogP contribution >= 0.6 is 0 Å². The molecule has 0 saturated carbocycles. The van der Waals surface area contributed by atoms with Gasteiger partial charge in [0.15, 0.2) is 0 Å². The van der Waals surface area contributed by atoms with Crippen LogP contribution in [0.1, 0.15) is 13.8 Å². The fourth-order valence-electron chi connectivity index (χ4n) is 1.92. The van der Waals surface area contributed by atoms with E-state index >= 15 is 0 Å². The Labute approximate surface area is 87.9 Å². The van der Waals surface area contributed by atoms with E-state index in [0.717, 1.165) is 5.69 Å². The van der Waals surface area contributed by atoms with Gasteiger partial charge in [0.2, 0.25) is 5.91 Å². The molecular formula is C11H13FN2O. The van der Waals surface area contributed by atoms with Crippen LogP contribution in [-0.2, 0) is 4.79 Å². The van der Waals surface area contributed by atoms with Crippen LogP contribution in [0.15, 0.2) is 18.2 Å². The summed E-state index contributed by atoms with van der Waals surface area (Å²) in [6.45, 7) is 4.12. The molecule has 1 aromatic rings.